The van der Waals surface area contributed by atoms with E-state index < -0.39 is 5.60 Å². The summed E-state index contributed by atoms with van der Waals surface area (Å²) in [6.07, 6.45) is 3.19. The first-order chi connectivity index (χ1) is 7.64. The predicted octanol–water partition coefficient (Wildman–Crippen LogP) is 1.51. The number of hydrogen-bond donors (Lipinski definition) is 2. The molecule has 1 amide bonds. The standard InChI is InChI=1S/C10H14N2O2S2/c1-2-7-5-11-9(16-7)12-8(13)10(14)3-4-15-6-10/h5,14H,2-4,6H2,1H3,(H,11,12,13). The van der Waals surface area contributed by atoms with Crippen molar-refractivity contribution in [1.29, 1.82) is 0 Å². The lowest BCUT2D eigenvalue weighted by atomic mass is 10.0. The van der Waals surface area contributed by atoms with Crippen molar-refractivity contribution in [1.82, 2.24) is 4.98 Å². The quantitative estimate of drug-likeness (QED) is 0.862. The SMILES string of the molecule is CCc1cnc(NC(=O)C2(O)CCSC2)s1. The molecule has 2 rings (SSSR count). The van der Waals surface area contributed by atoms with Crippen molar-refractivity contribution >= 4 is 34.1 Å². The summed E-state index contributed by atoms with van der Waals surface area (Å²) in [6.45, 7) is 2.04. The van der Waals surface area contributed by atoms with Crippen LogP contribution in [0.5, 0.6) is 0 Å². The number of anilines is 1. The van der Waals surface area contributed by atoms with Gasteiger partial charge in [0.25, 0.3) is 5.91 Å². The Balaban J connectivity index is 2.01. The third-order valence-corrected chi connectivity index (χ3v) is 4.78. The molecule has 2 heterocycles. The number of hydrogen-bond acceptors (Lipinski definition) is 5. The average molecular weight is 258 g/mol. The van der Waals surface area contributed by atoms with Crippen LogP contribution in [0.15, 0.2) is 6.20 Å². The molecule has 16 heavy (non-hydrogen) atoms. The Bertz CT molecular complexity index is 386. The first-order valence-electron chi connectivity index (χ1n) is 5.20. The van der Waals surface area contributed by atoms with Gasteiger partial charge in [0.2, 0.25) is 0 Å². The number of aromatic nitrogens is 1. The molecule has 0 radical (unpaired) electrons. The van der Waals surface area contributed by atoms with Crippen molar-refractivity contribution in [2.45, 2.75) is 25.4 Å². The Morgan fingerprint density at radius 3 is 3.12 bits per heavy atom. The van der Waals surface area contributed by atoms with Crippen LogP contribution in [-0.4, -0.2) is 33.1 Å². The molecule has 1 aliphatic rings. The van der Waals surface area contributed by atoms with E-state index in [0.29, 0.717) is 17.3 Å². The van der Waals surface area contributed by atoms with Crippen LogP contribution in [0.3, 0.4) is 0 Å². The van der Waals surface area contributed by atoms with Crippen LogP contribution < -0.4 is 5.32 Å². The first-order valence-corrected chi connectivity index (χ1v) is 7.17. The summed E-state index contributed by atoms with van der Waals surface area (Å²) in [7, 11) is 0. The van der Waals surface area contributed by atoms with Crippen LogP contribution in [-0.2, 0) is 11.2 Å². The van der Waals surface area contributed by atoms with Crippen LogP contribution in [0.25, 0.3) is 0 Å². The van der Waals surface area contributed by atoms with Crippen LogP contribution in [0.1, 0.15) is 18.2 Å². The van der Waals surface area contributed by atoms with Crippen LogP contribution in [0.2, 0.25) is 0 Å². The van der Waals surface area contributed by atoms with Gasteiger partial charge < -0.3 is 5.11 Å². The number of nitrogens with one attached hydrogen (secondary N) is 1. The van der Waals surface area contributed by atoms with Gasteiger partial charge in [-0.15, -0.1) is 11.3 Å². The molecule has 1 saturated heterocycles. The average Bonchev–Trinajstić information content (AvgIpc) is 2.88. The van der Waals surface area contributed by atoms with Crippen molar-refractivity contribution in [3.63, 3.8) is 0 Å². The maximum absolute atomic E-state index is 11.8. The van der Waals surface area contributed by atoms with Gasteiger partial charge >= 0.3 is 0 Å². The molecular formula is C10H14N2O2S2. The largest absolute Gasteiger partial charge is 0.379 e. The Labute approximate surface area is 102 Å². The van der Waals surface area contributed by atoms with E-state index in [1.165, 1.54) is 11.3 Å². The van der Waals surface area contributed by atoms with Crippen molar-refractivity contribution < 1.29 is 9.90 Å². The first kappa shape index (κ1) is 11.9. The van der Waals surface area contributed by atoms with E-state index in [0.717, 1.165) is 17.1 Å². The lowest BCUT2D eigenvalue weighted by Crippen LogP contribution is -2.42. The Kier molecular flexibility index (Phi) is 3.51. The van der Waals surface area contributed by atoms with Crippen LogP contribution in [0.4, 0.5) is 5.13 Å². The summed E-state index contributed by atoms with van der Waals surface area (Å²) < 4.78 is 0. The molecule has 1 aromatic rings. The van der Waals surface area contributed by atoms with Gasteiger partial charge in [-0.25, -0.2) is 4.98 Å². The summed E-state index contributed by atoms with van der Waals surface area (Å²) in [4.78, 5) is 17.1. The molecule has 2 N–H and O–H groups in total. The lowest BCUT2D eigenvalue weighted by Gasteiger charge is -2.18. The van der Waals surface area contributed by atoms with Crippen molar-refractivity contribution in [3.05, 3.63) is 11.1 Å². The van der Waals surface area contributed by atoms with Gasteiger partial charge in [-0.2, -0.15) is 11.8 Å². The third kappa shape index (κ3) is 2.39. The monoisotopic (exact) mass is 258 g/mol. The molecule has 1 atom stereocenters. The van der Waals surface area contributed by atoms with E-state index >= 15 is 0 Å². The molecule has 1 unspecified atom stereocenters. The van der Waals surface area contributed by atoms with Gasteiger partial charge in [0, 0.05) is 16.8 Å². The summed E-state index contributed by atoms with van der Waals surface area (Å²) in [6, 6.07) is 0. The van der Waals surface area contributed by atoms with E-state index in [1.807, 2.05) is 6.92 Å². The summed E-state index contributed by atoms with van der Waals surface area (Å²) in [5, 5.41) is 13.3. The molecule has 1 aliphatic heterocycles. The smallest absolute Gasteiger partial charge is 0.259 e. The van der Waals surface area contributed by atoms with Gasteiger partial charge in [0.1, 0.15) is 0 Å². The molecule has 88 valence electrons. The molecule has 1 fully saturated rings. The third-order valence-electron chi connectivity index (χ3n) is 2.55. The second-order valence-corrected chi connectivity index (χ2v) is 5.99. The topological polar surface area (TPSA) is 62.2 Å². The Morgan fingerprint density at radius 2 is 2.56 bits per heavy atom. The van der Waals surface area contributed by atoms with Gasteiger partial charge in [-0.1, -0.05) is 6.92 Å². The van der Waals surface area contributed by atoms with Crippen LogP contribution >= 0.6 is 23.1 Å². The van der Waals surface area contributed by atoms with Crippen molar-refractivity contribution in [2.75, 3.05) is 16.8 Å². The minimum Gasteiger partial charge on any atom is -0.379 e. The highest BCUT2D eigenvalue weighted by molar-refractivity contribution is 7.99. The zero-order valence-electron chi connectivity index (χ0n) is 9.02. The molecular weight excluding hydrogens is 244 g/mol. The molecule has 0 spiro atoms. The number of thioether (sulfide) groups is 1. The van der Waals surface area contributed by atoms with Crippen molar-refractivity contribution in [2.24, 2.45) is 0 Å². The van der Waals surface area contributed by atoms with Gasteiger partial charge in [-0.3, -0.25) is 10.1 Å². The number of carbonyl (C=O) groups is 1. The number of aryl methyl sites for hydroxylation is 1. The number of rotatable bonds is 3. The zero-order chi connectivity index (χ0) is 11.6. The van der Waals surface area contributed by atoms with E-state index in [4.69, 9.17) is 0 Å². The van der Waals surface area contributed by atoms with Gasteiger partial charge in [0.15, 0.2) is 10.7 Å². The predicted molar refractivity (Wildman–Crippen MR) is 67.0 cm³/mol. The molecule has 0 saturated carbocycles. The highest BCUT2D eigenvalue weighted by Crippen LogP contribution is 2.29. The van der Waals surface area contributed by atoms with E-state index in [1.54, 1.807) is 18.0 Å². The van der Waals surface area contributed by atoms with E-state index in [-0.39, 0.29) is 5.91 Å². The highest BCUT2D eigenvalue weighted by atomic mass is 32.2. The number of thiazole rings is 1. The molecule has 1 aromatic heterocycles. The second-order valence-electron chi connectivity index (χ2n) is 3.77. The summed E-state index contributed by atoms with van der Waals surface area (Å²) in [5.41, 5.74) is -1.21. The fourth-order valence-electron chi connectivity index (χ4n) is 1.48. The highest BCUT2D eigenvalue weighted by Gasteiger charge is 2.39. The van der Waals surface area contributed by atoms with Gasteiger partial charge in [-0.05, 0) is 18.6 Å². The molecule has 4 nitrogen and oxygen atoms in total. The van der Waals surface area contributed by atoms with Gasteiger partial charge in [0.05, 0.1) is 0 Å². The number of aliphatic hydroxyl groups is 1. The zero-order valence-corrected chi connectivity index (χ0v) is 10.7. The molecule has 6 heteroatoms. The Morgan fingerprint density at radius 1 is 1.75 bits per heavy atom. The molecule has 0 aromatic carbocycles. The lowest BCUT2D eigenvalue weighted by molar-refractivity contribution is -0.131. The molecule has 0 aliphatic carbocycles. The second kappa shape index (κ2) is 4.73. The summed E-state index contributed by atoms with van der Waals surface area (Å²) in [5.74, 6) is 0.988. The van der Waals surface area contributed by atoms with E-state index in [2.05, 4.69) is 10.3 Å². The summed E-state index contributed by atoms with van der Waals surface area (Å²) >= 11 is 3.06. The fraction of sp³-hybridized carbons (Fsp3) is 0.600. The van der Waals surface area contributed by atoms with Crippen molar-refractivity contribution in [3.8, 4) is 0 Å². The fourth-order valence-corrected chi connectivity index (χ4v) is 3.46. The maximum Gasteiger partial charge on any atom is 0.259 e. The number of amides is 1. The molecule has 0 bridgehead atoms. The number of nitrogens with zero attached hydrogens (tertiary/aromatic N) is 1. The minimum atomic E-state index is -1.21. The number of carbonyl (C=O) groups excluding carboxylic acids is 1. The van der Waals surface area contributed by atoms with E-state index in [9.17, 15) is 9.90 Å². The Hall–Kier alpha value is -0.590. The van der Waals surface area contributed by atoms with Crippen LogP contribution in [0, 0.1) is 0 Å². The minimum absolute atomic E-state index is 0.325. The normalized spacial score (nSPS) is 24.6. The maximum atomic E-state index is 11.8.